The van der Waals surface area contributed by atoms with Crippen molar-refractivity contribution < 1.29 is 14.3 Å². The second kappa shape index (κ2) is 8.23. The molecule has 6 heteroatoms. The van der Waals surface area contributed by atoms with Crippen molar-refractivity contribution in [3.63, 3.8) is 0 Å². The highest BCUT2D eigenvalue weighted by atomic mass is 35.5. The zero-order valence-corrected chi connectivity index (χ0v) is 16.4. The van der Waals surface area contributed by atoms with E-state index in [-0.39, 0.29) is 17.7 Å². The number of nitrogens with zero attached hydrogens (tertiary/aromatic N) is 2. The molecule has 28 heavy (non-hydrogen) atoms. The predicted octanol–water partition coefficient (Wildman–Crippen LogP) is 3.89. The third-order valence-electron chi connectivity index (χ3n) is 5.36. The molecule has 2 aliphatic rings. The molecule has 2 aliphatic heterocycles. The first-order chi connectivity index (χ1) is 13.6. The first-order valence-electron chi connectivity index (χ1n) is 9.66. The number of rotatable bonds is 5. The Balaban J connectivity index is 1.36. The zero-order valence-electron chi connectivity index (χ0n) is 15.6. The molecule has 1 unspecified atom stereocenters. The van der Waals surface area contributed by atoms with Crippen LogP contribution >= 0.6 is 11.6 Å². The summed E-state index contributed by atoms with van der Waals surface area (Å²) in [5.41, 5.74) is 1.84. The van der Waals surface area contributed by atoms with Crippen molar-refractivity contribution in [2.24, 2.45) is 5.92 Å². The quantitative estimate of drug-likeness (QED) is 0.767. The van der Waals surface area contributed by atoms with Gasteiger partial charge < -0.3 is 14.5 Å². The summed E-state index contributed by atoms with van der Waals surface area (Å²) < 4.78 is 5.80. The van der Waals surface area contributed by atoms with Gasteiger partial charge in [0.05, 0.1) is 5.92 Å². The van der Waals surface area contributed by atoms with E-state index in [0.717, 1.165) is 42.9 Å². The number of ether oxygens (including phenoxy) is 1. The average molecular weight is 399 g/mol. The maximum absolute atomic E-state index is 12.6. The van der Waals surface area contributed by atoms with Crippen LogP contribution in [0.1, 0.15) is 24.8 Å². The minimum atomic E-state index is -0.230. The maximum atomic E-state index is 12.6. The van der Waals surface area contributed by atoms with Gasteiger partial charge in [-0.2, -0.15) is 0 Å². The van der Waals surface area contributed by atoms with Crippen LogP contribution in [-0.2, 0) is 16.2 Å². The molecule has 4 rings (SSSR count). The van der Waals surface area contributed by atoms with Gasteiger partial charge in [0, 0.05) is 36.8 Å². The van der Waals surface area contributed by atoms with Crippen LogP contribution < -0.4 is 9.64 Å². The monoisotopic (exact) mass is 398 g/mol. The largest absolute Gasteiger partial charge is 0.489 e. The molecular formula is C22H23ClN2O3. The molecule has 2 saturated heterocycles. The van der Waals surface area contributed by atoms with Crippen molar-refractivity contribution in [3.05, 3.63) is 59.1 Å². The van der Waals surface area contributed by atoms with Crippen molar-refractivity contribution in [1.82, 2.24) is 4.90 Å². The van der Waals surface area contributed by atoms with Crippen LogP contribution in [0, 0.1) is 5.92 Å². The minimum Gasteiger partial charge on any atom is -0.489 e. The molecule has 0 bridgehead atoms. The van der Waals surface area contributed by atoms with Gasteiger partial charge >= 0.3 is 0 Å². The Hall–Kier alpha value is -2.53. The second-order valence-corrected chi connectivity index (χ2v) is 7.78. The van der Waals surface area contributed by atoms with Gasteiger partial charge in [-0.3, -0.25) is 9.59 Å². The van der Waals surface area contributed by atoms with Gasteiger partial charge in [-0.25, -0.2) is 0 Å². The number of benzene rings is 2. The summed E-state index contributed by atoms with van der Waals surface area (Å²) in [5.74, 6) is 0.630. The van der Waals surface area contributed by atoms with Crippen molar-refractivity contribution in [2.45, 2.75) is 25.9 Å². The Morgan fingerprint density at radius 1 is 1.04 bits per heavy atom. The van der Waals surface area contributed by atoms with E-state index in [4.69, 9.17) is 16.3 Å². The molecule has 2 fully saturated rings. The second-order valence-electron chi connectivity index (χ2n) is 7.35. The maximum Gasteiger partial charge on any atom is 0.228 e. The number of halogens is 1. The molecule has 146 valence electrons. The Bertz CT molecular complexity index is 845. The molecule has 0 N–H and O–H groups in total. The van der Waals surface area contributed by atoms with Crippen LogP contribution in [-0.4, -0.2) is 36.3 Å². The van der Waals surface area contributed by atoms with Crippen LogP contribution in [0.5, 0.6) is 5.75 Å². The Labute approximate surface area is 169 Å². The fraction of sp³-hybridized carbons (Fsp3) is 0.364. The van der Waals surface area contributed by atoms with Crippen LogP contribution in [0.2, 0.25) is 5.02 Å². The third kappa shape index (κ3) is 4.14. The summed E-state index contributed by atoms with van der Waals surface area (Å²) in [7, 11) is 0. The molecule has 0 aliphatic carbocycles. The van der Waals surface area contributed by atoms with Crippen LogP contribution in [0.4, 0.5) is 5.69 Å². The number of carbonyl (C=O) groups is 2. The molecule has 2 amide bonds. The van der Waals surface area contributed by atoms with E-state index >= 15 is 0 Å². The van der Waals surface area contributed by atoms with E-state index in [2.05, 4.69) is 0 Å². The van der Waals surface area contributed by atoms with Crippen molar-refractivity contribution in [2.75, 3.05) is 24.5 Å². The SMILES string of the molecule is O=C(C1CC(=O)N(c2ccc(OCc3ccc(Cl)cc3)cc2)C1)N1CCCC1. The summed E-state index contributed by atoms with van der Waals surface area (Å²) >= 11 is 5.89. The summed E-state index contributed by atoms with van der Waals surface area (Å²) in [5, 5.41) is 0.699. The molecular weight excluding hydrogens is 376 g/mol. The molecule has 2 heterocycles. The molecule has 1 atom stereocenters. The summed E-state index contributed by atoms with van der Waals surface area (Å²) in [4.78, 5) is 28.6. The minimum absolute atomic E-state index is 0.00683. The standard InChI is InChI=1S/C22H23ClN2O3/c23-18-5-3-16(4-6-18)15-28-20-9-7-19(8-10-20)25-14-17(13-21(25)26)22(27)24-11-1-2-12-24/h3-10,17H,1-2,11-15H2. The van der Waals surface area contributed by atoms with E-state index in [9.17, 15) is 9.59 Å². The number of amides is 2. The Kier molecular flexibility index (Phi) is 5.53. The first kappa shape index (κ1) is 18.8. The van der Waals surface area contributed by atoms with Crippen molar-refractivity contribution in [3.8, 4) is 5.75 Å². The lowest BCUT2D eigenvalue weighted by Crippen LogP contribution is -2.35. The Morgan fingerprint density at radius 2 is 1.71 bits per heavy atom. The number of carbonyl (C=O) groups excluding carboxylic acids is 2. The van der Waals surface area contributed by atoms with Crippen LogP contribution in [0.15, 0.2) is 48.5 Å². The molecule has 0 radical (unpaired) electrons. The fourth-order valence-corrected chi connectivity index (χ4v) is 3.91. The van der Waals surface area contributed by atoms with E-state index in [0.29, 0.717) is 24.6 Å². The van der Waals surface area contributed by atoms with Crippen molar-refractivity contribution >= 4 is 29.1 Å². The summed E-state index contributed by atoms with van der Waals surface area (Å²) in [6.45, 7) is 2.55. The van der Waals surface area contributed by atoms with Crippen LogP contribution in [0.3, 0.4) is 0 Å². The van der Waals surface area contributed by atoms with Gasteiger partial charge in [0.1, 0.15) is 12.4 Å². The average Bonchev–Trinajstić information content (AvgIpc) is 3.38. The van der Waals surface area contributed by atoms with Gasteiger partial charge in [-0.1, -0.05) is 23.7 Å². The highest BCUT2D eigenvalue weighted by molar-refractivity contribution is 6.30. The zero-order chi connectivity index (χ0) is 19.5. The third-order valence-corrected chi connectivity index (χ3v) is 5.61. The van der Waals surface area contributed by atoms with Gasteiger partial charge in [-0.15, -0.1) is 0 Å². The van der Waals surface area contributed by atoms with E-state index in [1.54, 1.807) is 4.90 Å². The Morgan fingerprint density at radius 3 is 2.39 bits per heavy atom. The highest BCUT2D eigenvalue weighted by Gasteiger charge is 2.37. The van der Waals surface area contributed by atoms with E-state index in [1.165, 1.54) is 0 Å². The molecule has 5 nitrogen and oxygen atoms in total. The predicted molar refractivity (Wildman–Crippen MR) is 109 cm³/mol. The summed E-state index contributed by atoms with van der Waals surface area (Å²) in [6, 6.07) is 15.0. The number of anilines is 1. The normalized spacial score (nSPS) is 19.3. The van der Waals surface area contributed by atoms with Gasteiger partial charge in [0.15, 0.2) is 0 Å². The first-order valence-corrected chi connectivity index (χ1v) is 10.0. The number of hydrogen-bond acceptors (Lipinski definition) is 3. The lowest BCUT2D eigenvalue weighted by Gasteiger charge is -2.20. The van der Waals surface area contributed by atoms with Gasteiger partial charge in [0.25, 0.3) is 0 Å². The smallest absolute Gasteiger partial charge is 0.228 e. The molecule has 0 aromatic heterocycles. The van der Waals surface area contributed by atoms with Crippen LogP contribution in [0.25, 0.3) is 0 Å². The van der Waals surface area contributed by atoms with Gasteiger partial charge in [0.2, 0.25) is 11.8 Å². The lowest BCUT2D eigenvalue weighted by atomic mass is 10.1. The lowest BCUT2D eigenvalue weighted by molar-refractivity contribution is -0.134. The topological polar surface area (TPSA) is 49.9 Å². The van der Waals surface area contributed by atoms with E-state index in [1.807, 2.05) is 53.4 Å². The number of hydrogen-bond donors (Lipinski definition) is 0. The molecule has 0 saturated carbocycles. The molecule has 0 spiro atoms. The number of likely N-dealkylation sites (tertiary alicyclic amines) is 1. The molecule has 2 aromatic rings. The molecule has 2 aromatic carbocycles. The fourth-order valence-electron chi connectivity index (χ4n) is 3.79. The van der Waals surface area contributed by atoms with Crippen molar-refractivity contribution in [1.29, 1.82) is 0 Å². The van der Waals surface area contributed by atoms with Gasteiger partial charge in [-0.05, 0) is 54.8 Å². The highest BCUT2D eigenvalue weighted by Crippen LogP contribution is 2.29. The summed E-state index contributed by atoms with van der Waals surface area (Å²) in [6.07, 6.45) is 2.42. The van der Waals surface area contributed by atoms with E-state index < -0.39 is 0 Å².